The van der Waals surface area contributed by atoms with Crippen molar-refractivity contribution in [3.63, 3.8) is 0 Å². The number of carbonyl (C=O) groups excluding carboxylic acids is 1. The Balaban J connectivity index is 0.837. The molecule has 1 amide bonds. The number of anilines is 2. The SMILES string of the molecule is CC(C)c1ccccc1[C@H]1CCC[C@H]1N1CC2(CCN(c3ccc(C(=O)NS(=O)(=O)c4cc5c(c([N+](=O)[O-])c4)N[C@@H]([C@H]4CC[C@](C)(O)CC4)CO5)c(Oc4cc5cc[nH]c5nc4OCCN4CCC4)c3)CC2)C1. The number of hydrogen-bond acceptors (Lipinski definition) is 14. The molecule has 5 aromatic rings. The van der Waals surface area contributed by atoms with Crippen molar-refractivity contribution in [1.29, 1.82) is 0 Å². The van der Waals surface area contributed by atoms with E-state index in [9.17, 15) is 28.4 Å². The van der Waals surface area contributed by atoms with Crippen molar-refractivity contribution in [3.8, 4) is 23.1 Å². The molecule has 1 spiro atoms. The van der Waals surface area contributed by atoms with E-state index >= 15 is 0 Å². The number of hydrogen-bond donors (Lipinski definition) is 4. The van der Waals surface area contributed by atoms with Crippen molar-refractivity contribution in [2.24, 2.45) is 11.3 Å². The first kappa shape index (κ1) is 49.3. The number of H-pyrrole nitrogens is 1. The van der Waals surface area contributed by atoms with Crippen LogP contribution in [-0.2, 0) is 10.0 Å². The van der Waals surface area contributed by atoms with E-state index in [1.54, 1.807) is 24.4 Å². The Morgan fingerprint density at radius 2 is 1.75 bits per heavy atom. The van der Waals surface area contributed by atoms with Crippen LogP contribution < -0.4 is 29.1 Å². The third-order valence-electron chi connectivity index (χ3n) is 16.9. The van der Waals surface area contributed by atoms with E-state index in [4.69, 9.17) is 19.2 Å². The molecule has 0 radical (unpaired) electrons. The van der Waals surface area contributed by atoms with Gasteiger partial charge in [-0.15, -0.1) is 0 Å². The highest BCUT2D eigenvalue weighted by atomic mass is 32.2. The number of nitro benzene ring substituents is 1. The second kappa shape index (κ2) is 19.7. The topological polar surface area (TPSA) is 205 Å². The summed E-state index contributed by atoms with van der Waals surface area (Å²) in [6.45, 7) is 13.4. The lowest BCUT2D eigenvalue weighted by atomic mass is 9.70. The Labute approximate surface area is 427 Å². The molecule has 3 saturated heterocycles. The molecule has 0 unspecified atom stereocenters. The van der Waals surface area contributed by atoms with Crippen LogP contribution in [0.4, 0.5) is 17.1 Å². The van der Waals surface area contributed by atoms with Gasteiger partial charge in [-0.3, -0.25) is 24.7 Å². The van der Waals surface area contributed by atoms with Gasteiger partial charge in [0.1, 0.15) is 24.6 Å². The van der Waals surface area contributed by atoms with Crippen LogP contribution in [0.15, 0.2) is 77.8 Å². The fraction of sp³-hybridized carbons (Fsp3) is 0.527. The van der Waals surface area contributed by atoms with Gasteiger partial charge in [-0.05, 0) is 136 Å². The number of carbonyl (C=O) groups is 1. The fourth-order valence-corrected chi connectivity index (χ4v) is 13.5. The van der Waals surface area contributed by atoms with Crippen molar-refractivity contribution in [2.45, 2.75) is 119 Å². The smallest absolute Gasteiger partial charge is 0.297 e. The molecular weight excluding hydrogens is 949 g/mol. The number of amides is 1. The first-order valence-electron chi connectivity index (χ1n) is 26.4. The predicted molar refractivity (Wildman–Crippen MR) is 279 cm³/mol. The highest BCUT2D eigenvalue weighted by molar-refractivity contribution is 7.90. The molecule has 4 N–H and O–H groups in total. The quantitative estimate of drug-likeness (QED) is 0.0571. The Bertz CT molecular complexity index is 2990. The van der Waals surface area contributed by atoms with Crippen LogP contribution in [-0.4, -0.2) is 121 Å². The summed E-state index contributed by atoms with van der Waals surface area (Å²) in [4.78, 5) is 41.0. The maximum Gasteiger partial charge on any atom is 0.297 e. The molecule has 6 aliphatic rings. The number of benzene rings is 3. The molecule has 3 aromatic carbocycles. The lowest BCUT2D eigenvalue weighted by molar-refractivity contribution is -0.384. The molecule has 11 rings (SSSR count). The van der Waals surface area contributed by atoms with Crippen molar-refractivity contribution < 1.29 is 37.5 Å². The molecule has 18 heteroatoms. The van der Waals surface area contributed by atoms with Gasteiger partial charge in [0.15, 0.2) is 17.2 Å². The summed E-state index contributed by atoms with van der Waals surface area (Å²) in [5.74, 6) is 0.727. The number of rotatable bonds is 15. The number of aromatic amines is 1. The number of aromatic nitrogens is 2. The first-order valence-corrected chi connectivity index (χ1v) is 27.8. The highest BCUT2D eigenvalue weighted by Gasteiger charge is 2.49. The minimum Gasteiger partial charge on any atom is -0.489 e. The molecule has 17 nitrogen and oxygen atoms in total. The molecule has 2 aliphatic carbocycles. The second-order valence-electron chi connectivity index (χ2n) is 22.2. The number of fused-ring (bicyclic) bond motifs is 2. The van der Waals surface area contributed by atoms with Crippen LogP contribution >= 0.6 is 0 Å². The van der Waals surface area contributed by atoms with Gasteiger partial charge >= 0.3 is 0 Å². The lowest BCUT2D eigenvalue weighted by Crippen LogP contribution is -2.63. The van der Waals surface area contributed by atoms with Crippen LogP contribution in [0.2, 0.25) is 0 Å². The summed E-state index contributed by atoms with van der Waals surface area (Å²) in [5, 5.41) is 27.0. The van der Waals surface area contributed by atoms with Gasteiger partial charge in [-0.1, -0.05) is 44.5 Å². The zero-order valence-corrected chi connectivity index (χ0v) is 42.9. The van der Waals surface area contributed by atoms with Crippen LogP contribution in [0.25, 0.3) is 11.0 Å². The van der Waals surface area contributed by atoms with Gasteiger partial charge in [0, 0.05) is 74.2 Å². The number of ether oxygens (including phenoxy) is 3. The normalized spacial score (nSPS) is 25.1. The maximum absolute atomic E-state index is 14.4. The van der Waals surface area contributed by atoms with Gasteiger partial charge in [0.2, 0.25) is 0 Å². The summed E-state index contributed by atoms with van der Waals surface area (Å²) in [5.41, 5.74) is 3.42. The average molecular weight is 1020 g/mol. The maximum atomic E-state index is 14.4. The monoisotopic (exact) mass is 1020 g/mol. The zero-order valence-electron chi connectivity index (χ0n) is 42.1. The number of piperidine rings is 1. The Kier molecular flexibility index (Phi) is 13.3. The van der Waals surface area contributed by atoms with E-state index in [2.05, 4.69) is 67.8 Å². The molecule has 5 fully saturated rings. The van der Waals surface area contributed by atoms with E-state index in [-0.39, 0.29) is 58.4 Å². The van der Waals surface area contributed by atoms with Gasteiger partial charge in [0.25, 0.3) is 27.5 Å². The first-order chi connectivity index (χ1) is 35.1. The van der Waals surface area contributed by atoms with Crippen LogP contribution in [0, 0.1) is 21.4 Å². The number of nitrogens with zero attached hydrogens (tertiary/aromatic N) is 5. The molecule has 73 heavy (non-hydrogen) atoms. The number of aliphatic hydroxyl groups is 1. The largest absolute Gasteiger partial charge is 0.489 e. The number of nitro groups is 1. The van der Waals surface area contributed by atoms with Gasteiger partial charge in [0.05, 0.1) is 27.0 Å². The zero-order chi connectivity index (χ0) is 50.6. The third-order valence-corrected chi connectivity index (χ3v) is 18.2. The highest BCUT2D eigenvalue weighted by Crippen LogP contribution is 2.50. The van der Waals surface area contributed by atoms with Crippen molar-refractivity contribution in [2.75, 3.05) is 69.2 Å². The van der Waals surface area contributed by atoms with Crippen LogP contribution in [0.3, 0.4) is 0 Å². The molecule has 6 heterocycles. The number of pyridine rings is 1. The van der Waals surface area contributed by atoms with Crippen LogP contribution in [0.5, 0.6) is 23.1 Å². The Morgan fingerprint density at radius 1 is 0.973 bits per heavy atom. The van der Waals surface area contributed by atoms with E-state index in [1.165, 1.54) is 36.5 Å². The number of sulfonamides is 1. The lowest BCUT2D eigenvalue weighted by Gasteiger charge is -2.57. The van der Waals surface area contributed by atoms with E-state index in [0.717, 1.165) is 75.7 Å². The molecule has 2 aromatic heterocycles. The van der Waals surface area contributed by atoms with E-state index in [0.29, 0.717) is 62.4 Å². The second-order valence-corrected chi connectivity index (χ2v) is 23.9. The molecule has 2 saturated carbocycles. The Morgan fingerprint density at radius 3 is 2.49 bits per heavy atom. The van der Waals surface area contributed by atoms with Crippen molar-refractivity contribution in [3.05, 3.63) is 99.7 Å². The molecule has 4 aliphatic heterocycles. The number of nitrogens with one attached hydrogen (secondary N) is 3. The summed E-state index contributed by atoms with van der Waals surface area (Å²) >= 11 is 0. The molecule has 0 bridgehead atoms. The third kappa shape index (κ3) is 10.1. The van der Waals surface area contributed by atoms with Gasteiger partial charge in [-0.2, -0.15) is 4.98 Å². The van der Waals surface area contributed by atoms with Crippen LogP contribution in [0.1, 0.15) is 118 Å². The summed E-state index contributed by atoms with van der Waals surface area (Å²) < 4.78 is 49.5. The van der Waals surface area contributed by atoms with Crippen molar-refractivity contribution in [1.82, 2.24) is 24.5 Å². The van der Waals surface area contributed by atoms with E-state index in [1.807, 2.05) is 19.1 Å². The minimum absolute atomic E-state index is 0.00296. The molecular formula is C55H68N8O9S. The van der Waals surface area contributed by atoms with Gasteiger partial charge < -0.3 is 34.5 Å². The van der Waals surface area contributed by atoms with Gasteiger partial charge in [-0.25, -0.2) is 13.1 Å². The average Bonchev–Trinajstić information content (AvgIpc) is 4.03. The van der Waals surface area contributed by atoms with Crippen molar-refractivity contribution >= 4 is 44.0 Å². The standard InChI is InChI=1S/C55H68N8O9S/c1-35(2)40-8-4-5-9-41(40)42-10-6-11-45(42)62-33-55(34-62)19-24-61(25-20-55)38-12-13-43(47(29-38)72-49-28-37-16-21-56-51(37)58-53(49)70-27-26-60-22-7-23-60)52(64)59-73(68,69)39-30-46(63(66)67)50-48(31-39)71-32-44(57-50)36-14-17-54(3,65)18-15-36/h4-5,8-9,12-13,16,21,28-31,35-36,42,44-45,57,65H,6-7,10-11,14-15,17-20,22-27,32-34H2,1-3H3,(H,56,58)(H,59,64)/t36-,42-,44-,45-,54-/m1/s1. The molecule has 3 atom stereocenters. The fourth-order valence-electron chi connectivity index (χ4n) is 12.5. The molecule has 388 valence electrons. The number of likely N-dealkylation sites (tertiary alicyclic amines) is 2. The summed E-state index contributed by atoms with van der Waals surface area (Å²) in [6, 6.07) is 20.3. The van der Waals surface area contributed by atoms with E-state index < -0.39 is 37.0 Å². The minimum atomic E-state index is -4.71. The summed E-state index contributed by atoms with van der Waals surface area (Å²) in [6.07, 6.45) is 11.3. The summed E-state index contributed by atoms with van der Waals surface area (Å²) in [7, 11) is -4.71. The predicted octanol–water partition coefficient (Wildman–Crippen LogP) is 8.94. The Hall–Kier alpha value is -5.95.